The number of nitrogens with one attached hydrogen (secondary N) is 1. The molecule has 0 spiro atoms. The third-order valence-corrected chi connectivity index (χ3v) is 17.6. The van der Waals surface area contributed by atoms with Gasteiger partial charge in [0.15, 0.2) is 5.82 Å². The first-order valence-corrected chi connectivity index (χ1v) is 26.5. The molecule has 16 heteroatoms. The van der Waals surface area contributed by atoms with E-state index < -0.39 is 37.0 Å². The van der Waals surface area contributed by atoms with Gasteiger partial charge in [-0.05, 0) is 72.8 Å². The van der Waals surface area contributed by atoms with Crippen LogP contribution in [0.5, 0.6) is 11.5 Å². The number of amides is 1. The van der Waals surface area contributed by atoms with Crippen LogP contribution in [0.1, 0.15) is 95.1 Å². The lowest BCUT2D eigenvalue weighted by atomic mass is 9.80. The third-order valence-electron chi connectivity index (χ3n) is 12.2. The topological polar surface area (TPSA) is 185 Å². The van der Waals surface area contributed by atoms with Crippen molar-refractivity contribution in [3.63, 3.8) is 0 Å². The number of aryl methyl sites for hydroxylation is 1. The Morgan fingerprint density at radius 3 is 1.96 bits per heavy atom. The molecule has 0 aliphatic rings. The number of thioether (sulfide) groups is 1. The molecule has 0 aliphatic carbocycles. The van der Waals surface area contributed by atoms with Crippen LogP contribution in [0.3, 0.4) is 0 Å². The molecule has 6 aromatic rings. The van der Waals surface area contributed by atoms with Crippen LogP contribution in [0.2, 0.25) is 18.1 Å². The van der Waals surface area contributed by atoms with Gasteiger partial charge in [0.2, 0.25) is 20.1 Å². The molecule has 0 bridgehead atoms. The number of esters is 1. The molecule has 5 aromatic carbocycles. The predicted octanol–water partition coefficient (Wildman–Crippen LogP) is 10.6. The molecule has 6 rings (SSSR count). The number of aliphatic hydroxyl groups excluding tert-OH is 1. The number of methoxy groups -OCH3 is 1. The number of nitro benzene ring substituents is 1. The molecule has 14 nitrogen and oxygen atoms in total. The number of carbonyl (C=O) groups is 2. The average molecular weight is 961 g/mol. The summed E-state index contributed by atoms with van der Waals surface area (Å²) in [4.78, 5) is 43.1. The number of hydrogen-bond acceptors (Lipinski definition) is 13. The molecule has 0 fully saturated rings. The van der Waals surface area contributed by atoms with Crippen LogP contribution in [0, 0.1) is 24.0 Å². The van der Waals surface area contributed by atoms with Gasteiger partial charge in [0, 0.05) is 47.3 Å². The van der Waals surface area contributed by atoms with Crippen LogP contribution >= 0.6 is 11.8 Å². The molecular weight excluding hydrogens is 901 g/mol. The van der Waals surface area contributed by atoms with Crippen molar-refractivity contribution in [3.05, 3.63) is 182 Å². The molecule has 0 saturated heterocycles. The molecule has 358 valence electrons. The number of non-ortho nitro benzene ring substituents is 1. The quantitative estimate of drug-likeness (QED) is 0.0215. The van der Waals surface area contributed by atoms with E-state index in [1.165, 1.54) is 31.0 Å². The number of nitro groups is 1. The van der Waals surface area contributed by atoms with Crippen LogP contribution in [-0.2, 0) is 32.2 Å². The zero-order valence-corrected chi connectivity index (χ0v) is 41.6. The number of ether oxygens (including phenoxy) is 3. The SMILES string of the molecule is COc1cc(O[Si](C)(C)C(C)(C)C)c(CSCC(NC(=O)CCC(O)COC(c2ccccc2)(c2ccccc2)c2ccccc2)c2nc(C)no2)c(C(=O)OCc2ccc([N+](=O)[O-])cc2)c1C. The second-order valence-electron chi connectivity index (χ2n) is 18.0. The Bertz CT molecular complexity index is 2530. The summed E-state index contributed by atoms with van der Waals surface area (Å²) < 4.78 is 30.9. The predicted molar refractivity (Wildman–Crippen MR) is 264 cm³/mol. The maximum absolute atomic E-state index is 14.2. The van der Waals surface area contributed by atoms with Crippen LogP contribution in [0.4, 0.5) is 5.69 Å². The lowest BCUT2D eigenvalue weighted by Gasteiger charge is -2.37. The summed E-state index contributed by atoms with van der Waals surface area (Å²) in [7, 11) is -0.960. The van der Waals surface area contributed by atoms with Gasteiger partial charge in [-0.3, -0.25) is 14.9 Å². The first-order valence-electron chi connectivity index (χ1n) is 22.4. The summed E-state index contributed by atoms with van der Waals surface area (Å²) in [6, 6.07) is 36.5. The van der Waals surface area contributed by atoms with E-state index in [-0.39, 0.29) is 65.6 Å². The van der Waals surface area contributed by atoms with Crippen molar-refractivity contribution in [3.8, 4) is 11.5 Å². The van der Waals surface area contributed by atoms with Gasteiger partial charge in [-0.15, -0.1) is 0 Å². The lowest BCUT2D eigenvalue weighted by molar-refractivity contribution is -0.384. The minimum Gasteiger partial charge on any atom is -0.543 e. The van der Waals surface area contributed by atoms with Gasteiger partial charge in [-0.25, -0.2) is 4.79 Å². The van der Waals surface area contributed by atoms with E-state index >= 15 is 0 Å². The smallest absolute Gasteiger partial charge is 0.339 e. The summed E-state index contributed by atoms with van der Waals surface area (Å²) in [6.45, 7) is 13.9. The molecule has 0 aliphatic heterocycles. The van der Waals surface area contributed by atoms with E-state index in [0.717, 1.165) is 16.7 Å². The van der Waals surface area contributed by atoms with Crippen molar-refractivity contribution >= 4 is 37.6 Å². The molecule has 1 amide bonds. The fourth-order valence-corrected chi connectivity index (χ4v) is 9.53. The molecule has 2 N–H and O–H groups in total. The molecule has 68 heavy (non-hydrogen) atoms. The highest BCUT2D eigenvalue weighted by Gasteiger charge is 2.41. The minimum atomic E-state index is -2.49. The monoisotopic (exact) mass is 960 g/mol. The summed E-state index contributed by atoms with van der Waals surface area (Å²) in [5.41, 5.74) is 3.56. The first kappa shape index (κ1) is 51.1. The van der Waals surface area contributed by atoms with Gasteiger partial charge in [-0.2, -0.15) is 16.7 Å². The van der Waals surface area contributed by atoms with Crippen LogP contribution in [-0.4, -0.2) is 65.9 Å². The van der Waals surface area contributed by atoms with Crippen molar-refractivity contribution in [2.24, 2.45) is 0 Å². The fourth-order valence-electron chi connectivity index (χ4n) is 7.42. The van der Waals surface area contributed by atoms with Crippen molar-refractivity contribution in [1.29, 1.82) is 0 Å². The van der Waals surface area contributed by atoms with Crippen LogP contribution in [0.15, 0.2) is 126 Å². The molecule has 0 saturated carbocycles. The summed E-state index contributed by atoms with van der Waals surface area (Å²) in [6.07, 6.45) is -0.917. The maximum Gasteiger partial charge on any atom is 0.339 e. The Labute approximate surface area is 403 Å². The Morgan fingerprint density at radius 1 is 0.882 bits per heavy atom. The van der Waals surface area contributed by atoms with E-state index in [4.69, 9.17) is 23.2 Å². The molecule has 0 radical (unpaired) electrons. The highest BCUT2D eigenvalue weighted by molar-refractivity contribution is 7.98. The van der Waals surface area contributed by atoms with Crippen LogP contribution in [0.25, 0.3) is 0 Å². The minimum absolute atomic E-state index is 0.0270. The first-order chi connectivity index (χ1) is 32.4. The molecule has 1 aromatic heterocycles. The molecule has 2 atom stereocenters. The van der Waals surface area contributed by atoms with Crippen LogP contribution < -0.4 is 14.5 Å². The fraction of sp³-hybridized carbons (Fsp3) is 0.346. The third kappa shape index (κ3) is 12.4. The highest BCUT2D eigenvalue weighted by atomic mass is 32.2. The average Bonchev–Trinajstić information content (AvgIpc) is 3.77. The number of aromatic nitrogens is 2. The lowest BCUT2D eigenvalue weighted by Crippen LogP contribution is -2.44. The van der Waals surface area contributed by atoms with Gasteiger partial charge < -0.3 is 33.6 Å². The maximum atomic E-state index is 14.2. The highest BCUT2D eigenvalue weighted by Crippen LogP contribution is 2.44. The van der Waals surface area contributed by atoms with Crippen molar-refractivity contribution in [2.45, 2.75) is 95.7 Å². The number of aliphatic hydroxyl groups is 1. The number of carbonyl (C=O) groups excluding carboxylic acids is 2. The van der Waals surface area contributed by atoms with Crippen molar-refractivity contribution in [1.82, 2.24) is 15.5 Å². The van der Waals surface area contributed by atoms with Gasteiger partial charge in [0.1, 0.15) is 29.7 Å². The molecule has 1 heterocycles. The number of benzene rings is 5. The molecule has 2 unspecified atom stereocenters. The Hall–Kier alpha value is -6.33. The van der Waals surface area contributed by atoms with Gasteiger partial charge in [-0.1, -0.05) is 117 Å². The zero-order chi connectivity index (χ0) is 49.1. The summed E-state index contributed by atoms with van der Waals surface area (Å²) in [5, 5.41) is 29.5. The summed E-state index contributed by atoms with van der Waals surface area (Å²) in [5.74, 6) is 1.07. The van der Waals surface area contributed by atoms with Gasteiger partial charge in [0.05, 0.1) is 30.3 Å². The number of nitrogens with zero attached hydrogens (tertiary/aromatic N) is 3. The van der Waals surface area contributed by atoms with E-state index in [2.05, 4.69) is 49.3 Å². The van der Waals surface area contributed by atoms with E-state index in [1.54, 1.807) is 32.0 Å². The summed E-state index contributed by atoms with van der Waals surface area (Å²) >= 11 is 1.42. The standard InChI is InChI=1S/C52H60N4O10SSi/c1-35-45(62-6)30-46(66-68(7,8)51(3,4)5)43(48(35)50(59)63-31-37-24-26-41(27-25-37)56(60)61)33-67-34-44(49-53-36(2)55-65-49)54-47(58)29-28-42(57)32-64-52(38-18-12-9-13-19-38,39-20-14-10-15-21-39)40-22-16-11-17-23-40/h9-27,30,42,44,57H,28-29,31-34H2,1-8H3,(H,54,58). The normalized spacial score (nSPS) is 12.8. The molecular formula is C52H60N4O10SSi. The Balaban J connectivity index is 1.20. The van der Waals surface area contributed by atoms with Gasteiger partial charge in [0.25, 0.3) is 5.69 Å². The zero-order valence-electron chi connectivity index (χ0n) is 39.8. The Morgan fingerprint density at radius 2 is 1.46 bits per heavy atom. The van der Waals surface area contributed by atoms with Crippen molar-refractivity contribution < 1.29 is 42.8 Å². The second kappa shape index (κ2) is 22.6. The number of rotatable bonds is 22. The van der Waals surface area contributed by atoms with E-state index in [9.17, 15) is 24.8 Å². The van der Waals surface area contributed by atoms with E-state index in [0.29, 0.717) is 34.0 Å². The number of hydrogen-bond donors (Lipinski definition) is 2. The van der Waals surface area contributed by atoms with E-state index in [1.807, 2.05) is 91.0 Å². The second-order valence-corrected chi connectivity index (χ2v) is 23.8. The largest absolute Gasteiger partial charge is 0.543 e. The van der Waals surface area contributed by atoms with Gasteiger partial charge >= 0.3 is 5.97 Å². The Kier molecular flexibility index (Phi) is 17.0. The van der Waals surface area contributed by atoms with Crippen molar-refractivity contribution in [2.75, 3.05) is 19.5 Å².